The number of nitrogens with zero attached hydrogens (tertiary/aromatic N) is 1. The molecule has 0 bridgehead atoms. The van der Waals surface area contributed by atoms with Gasteiger partial charge in [-0.2, -0.15) is 0 Å². The Bertz CT molecular complexity index is 399. The molecule has 5 heteroatoms. The zero-order chi connectivity index (χ0) is 14.4. The topological polar surface area (TPSA) is 83.6 Å². The SMILES string of the molecule is CC1(C)CCCN(C(=O)C(C)(N)C2CC2)C1C(=O)O. The van der Waals surface area contributed by atoms with E-state index in [1.807, 2.05) is 13.8 Å². The van der Waals surface area contributed by atoms with Crippen molar-refractivity contribution in [3.8, 4) is 0 Å². The average Bonchev–Trinajstić information content (AvgIpc) is 3.09. The molecular formula is C14H24N2O3. The van der Waals surface area contributed by atoms with E-state index in [1.54, 1.807) is 6.92 Å². The van der Waals surface area contributed by atoms with Crippen LogP contribution < -0.4 is 5.73 Å². The molecule has 2 unspecified atom stereocenters. The van der Waals surface area contributed by atoms with Crippen LogP contribution in [-0.2, 0) is 9.59 Å². The molecule has 1 heterocycles. The molecule has 0 spiro atoms. The number of aliphatic carboxylic acids is 1. The van der Waals surface area contributed by atoms with Crippen LogP contribution in [0.4, 0.5) is 0 Å². The number of hydrogen-bond acceptors (Lipinski definition) is 3. The first-order valence-corrected chi connectivity index (χ1v) is 7.00. The Hall–Kier alpha value is -1.10. The van der Waals surface area contributed by atoms with Crippen molar-refractivity contribution in [2.45, 2.75) is 58.0 Å². The number of hydrogen-bond donors (Lipinski definition) is 2. The highest BCUT2D eigenvalue weighted by Gasteiger charge is 2.51. The van der Waals surface area contributed by atoms with Gasteiger partial charge in [-0.25, -0.2) is 4.79 Å². The number of amides is 1. The molecule has 0 aromatic rings. The summed E-state index contributed by atoms with van der Waals surface area (Å²) in [6, 6.07) is -0.768. The molecule has 5 nitrogen and oxygen atoms in total. The maximum absolute atomic E-state index is 12.6. The van der Waals surface area contributed by atoms with Crippen LogP contribution in [0.25, 0.3) is 0 Å². The lowest BCUT2D eigenvalue weighted by Gasteiger charge is -2.46. The van der Waals surface area contributed by atoms with Gasteiger partial charge in [-0.3, -0.25) is 4.79 Å². The molecule has 0 radical (unpaired) electrons. The predicted molar refractivity (Wildman–Crippen MR) is 71.5 cm³/mol. The molecule has 2 aliphatic rings. The highest BCUT2D eigenvalue weighted by atomic mass is 16.4. The number of carbonyl (C=O) groups excluding carboxylic acids is 1. The van der Waals surface area contributed by atoms with Gasteiger partial charge in [0.1, 0.15) is 6.04 Å². The smallest absolute Gasteiger partial charge is 0.326 e. The van der Waals surface area contributed by atoms with Gasteiger partial charge >= 0.3 is 5.97 Å². The summed E-state index contributed by atoms with van der Waals surface area (Å²) in [7, 11) is 0. The molecule has 1 saturated carbocycles. The van der Waals surface area contributed by atoms with Crippen molar-refractivity contribution in [1.82, 2.24) is 4.90 Å². The number of rotatable bonds is 3. The summed E-state index contributed by atoms with van der Waals surface area (Å²) < 4.78 is 0. The van der Waals surface area contributed by atoms with Crippen molar-refractivity contribution in [3.63, 3.8) is 0 Å². The van der Waals surface area contributed by atoms with E-state index in [1.165, 1.54) is 4.90 Å². The second-order valence-electron chi connectivity index (χ2n) is 6.89. The minimum absolute atomic E-state index is 0.199. The van der Waals surface area contributed by atoms with E-state index in [-0.39, 0.29) is 11.8 Å². The van der Waals surface area contributed by atoms with Crippen molar-refractivity contribution in [2.24, 2.45) is 17.1 Å². The Kier molecular flexibility index (Phi) is 3.37. The van der Waals surface area contributed by atoms with Crippen molar-refractivity contribution >= 4 is 11.9 Å². The maximum atomic E-state index is 12.6. The fourth-order valence-electron chi connectivity index (χ4n) is 3.25. The first kappa shape index (κ1) is 14.3. The lowest BCUT2D eigenvalue weighted by molar-refractivity contribution is -0.161. The number of carboxylic acid groups (broad SMARTS) is 1. The lowest BCUT2D eigenvalue weighted by Crippen LogP contribution is -2.63. The molecule has 1 aliphatic carbocycles. The molecule has 2 atom stereocenters. The van der Waals surface area contributed by atoms with E-state index < -0.39 is 23.0 Å². The van der Waals surface area contributed by atoms with E-state index in [4.69, 9.17) is 5.73 Å². The van der Waals surface area contributed by atoms with Gasteiger partial charge in [0, 0.05) is 6.54 Å². The minimum Gasteiger partial charge on any atom is -0.480 e. The molecular weight excluding hydrogens is 244 g/mol. The summed E-state index contributed by atoms with van der Waals surface area (Å²) in [6.45, 7) is 6.07. The van der Waals surface area contributed by atoms with Crippen LogP contribution in [0.1, 0.15) is 46.5 Å². The largest absolute Gasteiger partial charge is 0.480 e. The van der Waals surface area contributed by atoms with Gasteiger partial charge in [-0.05, 0) is 43.9 Å². The van der Waals surface area contributed by atoms with E-state index in [9.17, 15) is 14.7 Å². The summed E-state index contributed by atoms with van der Waals surface area (Å²) in [6.07, 6.45) is 3.59. The van der Waals surface area contributed by atoms with E-state index in [0.29, 0.717) is 6.54 Å². The molecule has 3 N–H and O–H groups in total. The number of piperidine rings is 1. The molecule has 19 heavy (non-hydrogen) atoms. The zero-order valence-corrected chi connectivity index (χ0v) is 12.0. The fraction of sp³-hybridized carbons (Fsp3) is 0.857. The van der Waals surface area contributed by atoms with Crippen LogP contribution in [0.2, 0.25) is 0 Å². The second-order valence-corrected chi connectivity index (χ2v) is 6.89. The van der Waals surface area contributed by atoms with E-state index >= 15 is 0 Å². The monoisotopic (exact) mass is 268 g/mol. The summed E-state index contributed by atoms with van der Waals surface area (Å²) in [5, 5.41) is 9.48. The second kappa shape index (κ2) is 4.47. The van der Waals surface area contributed by atoms with Gasteiger partial charge in [0.25, 0.3) is 0 Å². The first-order chi connectivity index (χ1) is 8.68. The molecule has 1 saturated heterocycles. The van der Waals surface area contributed by atoms with Crippen molar-refractivity contribution in [1.29, 1.82) is 0 Å². The van der Waals surface area contributed by atoms with Crippen LogP contribution in [0.15, 0.2) is 0 Å². The van der Waals surface area contributed by atoms with Crippen molar-refractivity contribution < 1.29 is 14.7 Å². The summed E-state index contributed by atoms with van der Waals surface area (Å²) in [5.74, 6) is -0.917. The molecule has 108 valence electrons. The maximum Gasteiger partial charge on any atom is 0.326 e. The van der Waals surface area contributed by atoms with Crippen molar-refractivity contribution in [3.05, 3.63) is 0 Å². The third kappa shape index (κ3) is 2.48. The highest BCUT2D eigenvalue weighted by Crippen LogP contribution is 2.42. The number of likely N-dealkylation sites (tertiary alicyclic amines) is 1. The Morgan fingerprint density at radius 2 is 1.95 bits per heavy atom. The summed E-state index contributed by atoms with van der Waals surface area (Å²) in [4.78, 5) is 25.7. The third-order valence-electron chi connectivity index (χ3n) is 4.65. The number of carboxylic acids is 1. The molecule has 1 aliphatic heterocycles. The van der Waals surface area contributed by atoms with Gasteiger partial charge in [0.15, 0.2) is 0 Å². The zero-order valence-electron chi connectivity index (χ0n) is 12.0. The molecule has 1 amide bonds. The quantitative estimate of drug-likeness (QED) is 0.806. The Labute approximate surface area is 114 Å². The van der Waals surface area contributed by atoms with Gasteiger partial charge in [0.05, 0.1) is 5.54 Å². The van der Waals surface area contributed by atoms with Crippen LogP contribution in [-0.4, -0.2) is 40.0 Å². The van der Waals surface area contributed by atoms with Crippen LogP contribution >= 0.6 is 0 Å². The Morgan fingerprint density at radius 3 is 2.42 bits per heavy atom. The van der Waals surface area contributed by atoms with Gasteiger partial charge in [0.2, 0.25) is 5.91 Å². The summed E-state index contributed by atoms with van der Waals surface area (Å²) >= 11 is 0. The molecule has 2 fully saturated rings. The van der Waals surface area contributed by atoms with Crippen LogP contribution in [0, 0.1) is 11.3 Å². The van der Waals surface area contributed by atoms with Crippen molar-refractivity contribution in [2.75, 3.05) is 6.54 Å². The number of nitrogens with two attached hydrogens (primary N) is 1. The minimum atomic E-state index is -0.926. The van der Waals surface area contributed by atoms with E-state index in [0.717, 1.165) is 25.7 Å². The standard InChI is InChI=1S/C14H24N2O3/c1-13(2)7-4-8-16(10(13)11(17)18)12(19)14(3,15)9-5-6-9/h9-10H,4-8,15H2,1-3H3,(H,17,18). The number of carbonyl (C=O) groups is 2. The fourth-order valence-corrected chi connectivity index (χ4v) is 3.25. The summed E-state index contributed by atoms with van der Waals surface area (Å²) in [5.41, 5.74) is 4.84. The molecule has 0 aromatic carbocycles. The molecule has 0 aromatic heterocycles. The Balaban J connectivity index is 2.26. The van der Waals surface area contributed by atoms with E-state index in [2.05, 4.69) is 0 Å². The Morgan fingerprint density at radius 1 is 1.37 bits per heavy atom. The molecule has 2 rings (SSSR count). The van der Waals surface area contributed by atoms with Gasteiger partial charge < -0.3 is 15.7 Å². The third-order valence-corrected chi connectivity index (χ3v) is 4.65. The first-order valence-electron chi connectivity index (χ1n) is 7.00. The predicted octanol–water partition coefficient (Wildman–Crippen LogP) is 1.22. The highest BCUT2D eigenvalue weighted by molar-refractivity contribution is 5.90. The average molecular weight is 268 g/mol. The normalized spacial score (nSPS) is 29.7. The van der Waals surface area contributed by atoms with Gasteiger partial charge in [-0.15, -0.1) is 0 Å². The van der Waals surface area contributed by atoms with Crippen LogP contribution in [0.5, 0.6) is 0 Å². The van der Waals surface area contributed by atoms with Gasteiger partial charge in [-0.1, -0.05) is 13.8 Å². The lowest BCUT2D eigenvalue weighted by atomic mass is 9.75. The van der Waals surface area contributed by atoms with Crippen LogP contribution in [0.3, 0.4) is 0 Å².